The smallest absolute Gasteiger partial charge is 0.472 e. The Kier molecular flexibility index (Phi) is 35.0. The second-order valence-corrected chi connectivity index (χ2v) is 17.1. The Labute approximate surface area is 351 Å². The van der Waals surface area contributed by atoms with Crippen LogP contribution in [0.2, 0.25) is 0 Å². The first-order valence-corrected chi connectivity index (χ1v) is 23.5. The highest BCUT2D eigenvalue weighted by molar-refractivity contribution is 8.00. The minimum absolute atomic E-state index is 0.0241. The molecule has 0 amide bonds. The van der Waals surface area contributed by atoms with Gasteiger partial charge in [0.2, 0.25) is 0 Å². The summed E-state index contributed by atoms with van der Waals surface area (Å²) < 4.78 is 32.7. The second-order valence-electron chi connectivity index (χ2n) is 14.5. The summed E-state index contributed by atoms with van der Waals surface area (Å²) in [5, 5.41) is 37.8. The molecule has 7 atom stereocenters. The summed E-state index contributed by atoms with van der Waals surface area (Å²) >= 11 is 1.17. The average Bonchev–Trinajstić information content (AvgIpc) is 3.19. The molecule has 7 N–H and O–H groups in total. The van der Waals surface area contributed by atoms with Gasteiger partial charge in [-0.1, -0.05) is 127 Å². The molecule has 0 aliphatic carbocycles. The van der Waals surface area contributed by atoms with E-state index in [1.165, 1.54) is 50.3 Å². The van der Waals surface area contributed by atoms with Gasteiger partial charge in [-0.3, -0.25) is 23.4 Å². The fourth-order valence-electron chi connectivity index (χ4n) is 5.22. The molecule has 0 aromatic rings. The topological polar surface area (TPSA) is 232 Å². The molecule has 58 heavy (non-hydrogen) atoms. The fraction of sp³-hybridized carbons (Fsp3) is 0.738. The minimum Gasteiger partial charge on any atom is -0.481 e. The van der Waals surface area contributed by atoms with E-state index in [9.17, 15) is 34.1 Å². The first-order chi connectivity index (χ1) is 27.7. The Morgan fingerprint density at radius 2 is 1.50 bits per heavy atom. The summed E-state index contributed by atoms with van der Waals surface area (Å²) in [5.41, 5.74) is 6.17. The van der Waals surface area contributed by atoms with Crippen molar-refractivity contribution in [2.24, 2.45) is 11.7 Å². The van der Waals surface area contributed by atoms with Crippen molar-refractivity contribution in [3.05, 3.63) is 48.6 Å². The zero-order chi connectivity index (χ0) is 43.4. The van der Waals surface area contributed by atoms with E-state index in [4.69, 9.17) is 29.9 Å². The molecule has 16 heteroatoms. The summed E-state index contributed by atoms with van der Waals surface area (Å²) in [4.78, 5) is 46.7. The van der Waals surface area contributed by atoms with Crippen LogP contribution in [0.25, 0.3) is 0 Å². The molecule has 0 saturated carbocycles. The van der Waals surface area contributed by atoms with E-state index in [0.29, 0.717) is 6.42 Å². The fourth-order valence-corrected chi connectivity index (χ4v) is 7.13. The van der Waals surface area contributed by atoms with Gasteiger partial charge >= 0.3 is 25.7 Å². The first-order valence-electron chi connectivity index (χ1n) is 20.9. The summed E-state index contributed by atoms with van der Waals surface area (Å²) in [6, 6.07) is -1.24. The van der Waals surface area contributed by atoms with Crippen molar-refractivity contribution in [3.8, 4) is 0 Å². The number of thioether (sulfide) groups is 1. The van der Waals surface area contributed by atoms with Crippen LogP contribution in [-0.2, 0) is 37.5 Å². The number of aliphatic hydroxyl groups excluding tert-OH is 3. The van der Waals surface area contributed by atoms with Gasteiger partial charge in [0.1, 0.15) is 18.8 Å². The van der Waals surface area contributed by atoms with Crippen molar-refractivity contribution < 1.29 is 62.8 Å². The number of nitrogens with two attached hydrogens (primary N) is 1. The molecule has 0 fully saturated rings. The van der Waals surface area contributed by atoms with Gasteiger partial charge < -0.3 is 40.5 Å². The van der Waals surface area contributed by atoms with Crippen LogP contribution in [0, 0.1) is 5.92 Å². The van der Waals surface area contributed by atoms with E-state index in [0.717, 1.165) is 44.4 Å². The molecule has 336 valence electrons. The number of carboxylic acid groups (broad SMARTS) is 1. The normalized spacial score (nSPS) is 16.4. The van der Waals surface area contributed by atoms with Gasteiger partial charge in [0.15, 0.2) is 6.10 Å². The van der Waals surface area contributed by atoms with E-state index in [2.05, 4.69) is 37.4 Å². The molecule has 0 aliphatic heterocycles. The Bertz CT molecular complexity index is 1250. The third-order valence-corrected chi connectivity index (χ3v) is 11.4. The van der Waals surface area contributed by atoms with Crippen LogP contribution < -0.4 is 5.73 Å². The minimum atomic E-state index is -4.77. The monoisotopic (exact) mass is 863 g/mol. The van der Waals surface area contributed by atoms with Gasteiger partial charge in [0.05, 0.1) is 25.9 Å². The summed E-state index contributed by atoms with van der Waals surface area (Å²) in [7, 11) is -4.77. The van der Waals surface area contributed by atoms with Crippen molar-refractivity contribution >= 4 is 37.5 Å². The number of carbonyl (C=O) groups excluding carboxylic acids is 2. The molecule has 0 bridgehead atoms. The van der Waals surface area contributed by atoms with Crippen LogP contribution in [0.15, 0.2) is 48.6 Å². The van der Waals surface area contributed by atoms with Crippen LogP contribution in [-0.4, -0.2) is 105 Å². The van der Waals surface area contributed by atoms with Crippen molar-refractivity contribution in [1.82, 2.24) is 0 Å². The Morgan fingerprint density at radius 3 is 2.19 bits per heavy atom. The van der Waals surface area contributed by atoms with E-state index < -0.39 is 81.8 Å². The number of aliphatic carboxylic acids is 1. The highest BCUT2D eigenvalue weighted by Crippen LogP contribution is 2.43. The maximum atomic E-state index is 13.1. The molecule has 0 aromatic carbocycles. The summed E-state index contributed by atoms with van der Waals surface area (Å²) in [6.07, 6.45) is 25.9. The lowest BCUT2D eigenvalue weighted by Gasteiger charge is -2.23. The second kappa shape index (κ2) is 36.5. The molecule has 0 rings (SSSR count). The third kappa shape index (κ3) is 33.5. The van der Waals surface area contributed by atoms with Crippen LogP contribution in [0.1, 0.15) is 130 Å². The molecule has 0 heterocycles. The van der Waals surface area contributed by atoms with Gasteiger partial charge in [-0.05, 0) is 44.4 Å². The number of carbonyl (C=O) groups is 3. The molecule has 0 aliphatic rings. The molecule has 0 radical (unpaired) electrons. The van der Waals surface area contributed by atoms with Gasteiger partial charge in [-0.25, -0.2) is 4.57 Å². The number of rotatable bonds is 38. The van der Waals surface area contributed by atoms with Crippen LogP contribution in [0.3, 0.4) is 0 Å². The number of ether oxygens (including phenoxy) is 2. The van der Waals surface area contributed by atoms with E-state index in [1.54, 1.807) is 18.2 Å². The Morgan fingerprint density at radius 1 is 0.810 bits per heavy atom. The molecular formula is C42H74NO13PS. The largest absolute Gasteiger partial charge is 0.481 e. The number of allylic oxidation sites excluding steroid dienone is 7. The lowest BCUT2D eigenvalue weighted by molar-refractivity contribution is -0.161. The Hall–Kier alpha value is -2.33. The lowest BCUT2D eigenvalue weighted by atomic mass is 10.00. The van der Waals surface area contributed by atoms with Gasteiger partial charge in [-0.2, -0.15) is 0 Å². The van der Waals surface area contributed by atoms with E-state index >= 15 is 0 Å². The summed E-state index contributed by atoms with van der Waals surface area (Å²) in [5.74, 6) is -1.74. The predicted molar refractivity (Wildman–Crippen MR) is 229 cm³/mol. The zero-order valence-corrected chi connectivity index (χ0v) is 36.8. The highest BCUT2D eigenvalue weighted by Gasteiger charge is 2.29. The summed E-state index contributed by atoms with van der Waals surface area (Å²) in [6.45, 7) is 3.98. The molecule has 0 saturated heterocycles. The van der Waals surface area contributed by atoms with Crippen LogP contribution >= 0.6 is 19.6 Å². The molecule has 14 nitrogen and oxygen atoms in total. The molecule has 0 spiro atoms. The predicted octanol–water partition coefficient (Wildman–Crippen LogP) is 7.34. The van der Waals surface area contributed by atoms with Gasteiger partial charge in [0.25, 0.3) is 0 Å². The number of phosphoric ester groups is 1. The molecule has 0 aromatic heterocycles. The number of hydrogen-bond donors (Lipinski definition) is 6. The van der Waals surface area contributed by atoms with Crippen molar-refractivity contribution in [1.29, 1.82) is 0 Å². The molecular weight excluding hydrogens is 789 g/mol. The maximum Gasteiger partial charge on any atom is 0.472 e. The number of hydrogen-bond acceptors (Lipinski definition) is 13. The molecule has 2 unspecified atom stereocenters. The van der Waals surface area contributed by atoms with E-state index in [1.807, 2.05) is 18.2 Å². The van der Waals surface area contributed by atoms with Crippen molar-refractivity contribution in [2.45, 2.75) is 160 Å². The first kappa shape index (κ1) is 55.7. The highest BCUT2D eigenvalue weighted by atomic mass is 32.2. The SMILES string of the molecule is CCCCC/C=C\C\C=C/C=C/C=C/[C@@H](SC[C@H](N)C(=O)O[C@H](COC(=O)CCCCCCCCC(C)CC)COP(=O)(O)OC[C@@H](O)CO)[C@@H](O)CCCC(=O)O. The quantitative estimate of drug-likeness (QED) is 0.0117. The average molecular weight is 864 g/mol. The van der Waals surface area contributed by atoms with Crippen LogP contribution in [0.5, 0.6) is 0 Å². The number of carboxylic acids is 1. The third-order valence-electron chi connectivity index (χ3n) is 9.03. The Balaban J connectivity index is 5.37. The number of phosphoric acid groups is 1. The van der Waals surface area contributed by atoms with E-state index in [-0.39, 0.29) is 31.4 Å². The number of esters is 2. The van der Waals surface area contributed by atoms with Gasteiger partial charge in [-0.15, -0.1) is 11.8 Å². The van der Waals surface area contributed by atoms with Crippen LogP contribution in [0.4, 0.5) is 0 Å². The standard InChI is InChI=1S/C42H74NO13PS/c1-4-6-7-8-9-10-11-12-13-14-18-21-26-39(38(46)25-23-27-40(47)48)58-33-37(43)42(50)56-36(32-55-57(51,52)54-30-35(45)29-44)31-53-41(49)28-22-19-16-15-17-20-24-34(3)5-2/h9-10,12-14,18,21,26,34-39,44-46H,4-8,11,15-17,19-20,22-25,27-33,43H2,1-3H3,(H,47,48)(H,51,52)/b10-9-,13-12-,18-14+,26-21+/t34?,35-,36+,37-,38-,39+/m0/s1. The lowest BCUT2D eigenvalue weighted by Crippen LogP contribution is -2.40. The maximum absolute atomic E-state index is 13.1. The zero-order valence-electron chi connectivity index (χ0n) is 35.1. The number of unbranched alkanes of at least 4 members (excludes halogenated alkanes) is 8. The van der Waals surface area contributed by atoms with Crippen molar-refractivity contribution in [2.75, 3.05) is 32.2 Å². The van der Waals surface area contributed by atoms with Gasteiger partial charge in [0, 0.05) is 23.8 Å². The number of aliphatic hydroxyl groups is 3. The van der Waals surface area contributed by atoms with Crippen molar-refractivity contribution in [3.63, 3.8) is 0 Å².